The predicted octanol–water partition coefficient (Wildman–Crippen LogP) is 9.91. The summed E-state index contributed by atoms with van der Waals surface area (Å²) in [4.78, 5) is 17.2. The molecule has 0 amide bonds. The van der Waals surface area contributed by atoms with Crippen LogP contribution in [0, 0.1) is 0 Å². The Morgan fingerprint density at radius 3 is 1.64 bits per heavy atom. The van der Waals surface area contributed by atoms with Gasteiger partial charge in [-0.05, 0) is 98.1 Å². The molecule has 0 unspecified atom stereocenters. The Balaban J connectivity index is 1.21. The van der Waals surface area contributed by atoms with E-state index < -0.39 is 0 Å². The zero-order chi connectivity index (χ0) is 30.4. The van der Waals surface area contributed by atoms with Gasteiger partial charge in [0, 0.05) is 28.9 Å². The number of nitrogens with zero attached hydrogens (tertiary/aromatic N) is 4. The third kappa shape index (κ3) is 4.81. The maximum Gasteiger partial charge on any atom is 0.116 e. The third-order valence-electron chi connectivity index (χ3n) is 9.02. The van der Waals surface area contributed by atoms with Crippen LogP contribution in [0.1, 0.15) is 25.0 Å². The molecule has 7 aromatic rings. The molecule has 214 valence electrons. The zero-order valence-corrected chi connectivity index (χ0v) is 25.1. The molecular formula is C41H30N4. The second-order valence-corrected chi connectivity index (χ2v) is 12.1. The summed E-state index contributed by atoms with van der Waals surface area (Å²) >= 11 is 0. The van der Waals surface area contributed by atoms with Crippen LogP contribution >= 0.6 is 0 Å². The zero-order valence-electron chi connectivity index (χ0n) is 25.1. The SMILES string of the molecule is CC1(C)c2ccccc2-c2cc(-c3cccc(-c4cc(-c5ccc(-c6ccncn6)cc5)cc(-c5ccncn5)c4)c3)ccc21. The first-order chi connectivity index (χ1) is 22.0. The molecule has 0 fully saturated rings. The Morgan fingerprint density at radius 1 is 0.400 bits per heavy atom. The summed E-state index contributed by atoms with van der Waals surface area (Å²) < 4.78 is 0. The van der Waals surface area contributed by atoms with Gasteiger partial charge in [0.1, 0.15) is 12.7 Å². The van der Waals surface area contributed by atoms with E-state index in [0.29, 0.717) is 0 Å². The van der Waals surface area contributed by atoms with Gasteiger partial charge < -0.3 is 0 Å². The van der Waals surface area contributed by atoms with E-state index in [2.05, 4.69) is 143 Å². The monoisotopic (exact) mass is 578 g/mol. The third-order valence-corrected chi connectivity index (χ3v) is 9.02. The van der Waals surface area contributed by atoms with E-state index in [0.717, 1.165) is 44.8 Å². The Bertz CT molecular complexity index is 2170. The molecule has 2 heterocycles. The van der Waals surface area contributed by atoms with E-state index >= 15 is 0 Å². The lowest BCUT2D eigenvalue weighted by Gasteiger charge is -2.21. The molecule has 0 radical (unpaired) electrons. The van der Waals surface area contributed by atoms with E-state index in [1.807, 2.05) is 12.1 Å². The number of fused-ring (bicyclic) bond motifs is 3. The van der Waals surface area contributed by atoms with Gasteiger partial charge in [-0.15, -0.1) is 0 Å². The fraction of sp³-hybridized carbons (Fsp3) is 0.0732. The van der Waals surface area contributed by atoms with Crippen molar-refractivity contribution in [3.63, 3.8) is 0 Å². The minimum Gasteiger partial charge on any atom is -0.245 e. The average molecular weight is 579 g/mol. The van der Waals surface area contributed by atoms with Crippen LogP contribution in [-0.4, -0.2) is 19.9 Å². The van der Waals surface area contributed by atoms with Crippen molar-refractivity contribution in [3.8, 4) is 67.0 Å². The quantitative estimate of drug-likeness (QED) is 0.204. The van der Waals surface area contributed by atoms with Crippen LogP contribution in [0.2, 0.25) is 0 Å². The molecule has 1 aliphatic carbocycles. The second kappa shape index (κ2) is 10.8. The van der Waals surface area contributed by atoms with Crippen molar-refractivity contribution in [2.45, 2.75) is 19.3 Å². The summed E-state index contributed by atoms with van der Waals surface area (Å²) in [5, 5.41) is 0. The molecule has 2 aromatic heterocycles. The molecule has 0 atom stereocenters. The smallest absolute Gasteiger partial charge is 0.116 e. The summed E-state index contributed by atoms with van der Waals surface area (Å²) in [5.41, 5.74) is 16.3. The van der Waals surface area contributed by atoms with Gasteiger partial charge in [-0.3, -0.25) is 0 Å². The van der Waals surface area contributed by atoms with Gasteiger partial charge in [0.2, 0.25) is 0 Å². The first-order valence-electron chi connectivity index (χ1n) is 15.2. The Morgan fingerprint density at radius 2 is 0.933 bits per heavy atom. The van der Waals surface area contributed by atoms with E-state index in [-0.39, 0.29) is 5.41 Å². The summed E-state index contributed by atoms with van der Waals surface area (Å²) in [5.74, 6) is 0. The van der Waals surface area contributed by atoms with Gasteiger partial charge in [-0.25, -0.2) is 19.9 Å². The molecule has 0 aliphatic heterocycles. The highest BCUT2D eigenvalue weighted by molar-refractivity contribution is 5.86. The van der Waals surface area contributed by atoms with Gasteiger partial charge in [0.05, 0.1) is 11.4 Å². The fourth-order valence-corrected chi connectivity index (χ4v) is 6.64. The fourth-order valence-electron chi connectivity index (χ4n) is 6.64. The van der Waals surface area contributed by atoms with Crippen LogP contribution in [0.3, 0.4) is 0 Å². The molecule has 0 spiro atoms. The van der Waals surface area contributed by atoms with Gasteiger partial charge in [0.25, 0.3) is 0 Å². The van der Waals surface area contributed by atoms with Crippen molar-refractivity contribution in [1.82, 2.24) is 19.9 Å². The van der Waals surface area contributed by atoms with Crippen molar-refractivity contribution < 1.29 is 0 Å². The maximum atomic E-state index is 4.58. The van der Waals surface area contributed by atoms with E-state index in [4.69, 9.17) is 0 Å². The lowest BCUT2D eigenvalue weighted by atomic mass is 9.82. The van der Waals surface area contributed by atoms with Gasteiger partial charge in [-0.1, -0.05) is 92.7 Å². The highest BCUT2D eigenvalue weighted by Crippen LogP contribution is 2.49. The largest absolute Gasteiger partial charge is 0.245 e. The topological polar surface area (TPSA) is 51.6 Å². The number of benzene rings is 5. The van der Waals surface area contributed by atoms with E-state index in [1.54, 1.807) is 25.0 Å². The van der Waals surface area contributed by atoms with Crippen molar-refractivity contribution in [2.75, 3.05) is 0 Å². The van der Waals surface area contributed by atoms with Gasteiger partial charge >= 0.3 is 0 Å². The molecule has 8 rings (SSSR count). The molecule has 0 saturated heterocycles. The van der Waals surface area contributed by atoms with Crippen LogP contribution in [0.5, 0.6) is 0 Å². The summed E-state index contributed by atoms with van der Waals surface area (Å²) in [7, 11) is 0. The Kier molecular flexibility index (Phi) is 6.42. The molecule has 4 heteroatoms. The van der Waals surface area contributed by atoms with Crippen LogP contribution in [0.15, 0.2) is 146 Å². The minimum absolute atomic E-state index is 0.00282. The molecule has 4 nitrogen and oxygen atoms in total. The summed E-state index contributed by atoms with van der Waals surface area (Å²) in [6.45, 7) is 4.65. The van der Waals surface area contributed by atoms with Crippen LogP contribution in [-0.2, 0) is 5.41 Å². The van der Waals surface area contributed by atoms with Crippen molar-refractivity contribution in [1.29, 1.82) is 0 Å². The number of aromatic nitrogens is 4. The lowest BCUT2D eigenvalue weighted by molar-refractivity contribution is 0.660. The molecule has 0 N–H and O–H groups in total. The molecule has 5 aromatic carbocycles. The molecule has 0 saturated carbocycles. The second-order valence-electron chi connectivity index (χ2n) is 12.1. The Labute approximate surface area is 263 Å². The highest BCUT2D eigenvalue weighted by atomic mass is 14.8. The van der Waals surface area contributed by atoms with Gasteiger partial charge in [0.15, 0.2) is 0 Å². The predicted molar refractivity (Wildman–Crippen MR) is 182 cm³/mol. The van der Waals surface area contributed by atoms with Crippen LogP contribution < -0.4 is 0 Å². The maximum absolute atomic E-state index is 4.58. The standard InChI is InChI=1S/C41H30N4/c1-41(2)37-9-4-3-8-35(37)36-24-31(14-15-38(36)41)29-6-5-7-30(20-29)33-21-32(22-34(23-33)40-17-19-43-26-45-40)27-10-12-28(13-11-27)39-16-18-42-25-44-39/h3-26H,1-2H3. The lowest BCUT2D eigenvalue weighted by Crippen LogP contribution is -2.14. The Hall–Kier alpha value is -5.74. The highest BCUT2D eigenvalue weighted by Gasteiger charge is 2.35. The number of hydrogen-bond donors (Lipinski definition) is 0. The van der Waals surface area contributed by atoms with E-state index in [9.17, 15) is 0 Å². The molecule has 1 aliphatic rings. The van der Waals surface area contributed by atoms with Crippen LogP contribution in [0.4, 0.5) is 0 Å². The van der Waals surface area contributed by atoms with E-state index in [1.165, 1.54) is 33.4 Å². The minimum atomic E-state index is -0.00282. The summed E-state index contributed by atoms with van der Waals surface area (Å²) in [6, 6.07) is 43.7. The summed E-state index contributed by atoms with van der Waals surface area (Å²) in [6.07, 6.45) is 6.74. The normalized spacial score (nSPS) is 12.8. The van der Waals surface area contributed by atoms with Crippen molar-refractivity contribution in [3.05, 3.63) is 158 Å². The number of rotatable bonds is 5. The molecule has 45 heavy (non-hydrogen) atoms. The molecule has 0 bridgehead atoms. The average Bonchev–Trinajstić information content (AvgIpc) is 3.34. The van der Waals surface area contributed by atoms with Crippen molar-refractivity contribution >= 4 is 0 Å². The first-order valence-corrected chi connectivity index (χ1v) is 15.2. The first kappa shape index (κ1) is 26.9. The number of hydrogen-bond acceptors (Lipinski definition) is 4. The van der Waals surface area contributed by atoms with Gasteiger partial charge in [-0.2, -0.15) is 0 Å². The van der Waals surface area contributed by atoms with Crippen molar-refractivity contribution in [2.24, 2.45) is 0 Å². The molecular weight excluding hydrogens is 548 g/mol. The van der Waals surface area contributed by atoms with Crippen LogP contribution in [0.25, 0.3) is 67.0 Å².